The fourth-order valence-electron chi connectivity index (χ4n) is 1.61. The molecular weight excluding hydrogens is 389 g/mol. The lowest BCUT2D eigenvalue weighted by atomic mass is 10.3. The second-order valence-electron chi connectivity index (χ2n) is 4.06. The van der Waals surface area contributed by atoms with Crippen LogP contribution in [0.4, 0.5) is 4.39 Å². The van der Waals surface area contributed by atoms with E-state index in [1.807, 2.05) is 0 Å². The van der Waals surface area contributed by atoms with Gasteiger partial charge in [0.15, 0.2) is 0 Å². The van der Waals surface area contributed by atoms with Gasteiger partial charge < -0.3 is 0 Å². The van der Waals surface area contributed by atoms with Gasteiger partial charge >= 0.3 is 0 Å². The maximum Gasteiger partial charge on any atom is 0.242 e. The van der Waals surface area contributed by atoms with E-state index >= 15 is 0 Å². The summed E-state index contributed by atoms with van der Waals surface area (Å²) in [6.45, 7) is 1.72. The van der Waals surface area contributed by atoms with Crippen molar-refractivity contribution in [2.45, 2.75) is 17.9 Å². The highest BCUT2D eigenvalue weighted by atomic mass is 79.9. The van der Waals surface area contributed by atoms with E-state index in [0.29, 0.717) is 4.34 Å². The van der Waals surface area contributed by atoms with Crippen LogP contribution in [0.5, 0.6) is 0 Å². The van der Waals surface area contributed by atoms with Gasteiger partial charge in [0.1, 0.15) is 5.82 Å². The van der Waals surface area contributed by atoms with Crippen molar-refractivity contribution in [3.05, 3.63) is 49.8 Å². The largest absolute Gasteiger partial charge is 0.242 e. The average molecular weight is 399 g/mol. The van der Waals surface area contributed by atoms with E-state index in [1.165, 1.54) is 17.4 Å². The molecule has 1 N–H and O–H groups in total. The molecule has 0 spiro atoms. The second-order valence-corrected chi connectivity index (χ2v) is 8.34. The van der Waals surface area contributed by atoms with Crippen molar-refractivity contribution in [3.8, 4) is 0 Å². The van der Waals surface area contributed by atoms with Crippen LogP contribution in [0.25, 0.3) is 0 Å². The van der Waals surface area contributed by atoms with E-state index in [1.54, 1.807) is 19.1 Å². The van der Waals surface area contributed by atoms with Gasteiger partial charge in [0.25, 0.3) is 0 Å². The summed E-state index contributed by atoms with van der Waals surface area (Å²) < 4.78 is 40.8. The van der Waals surface area contributed by atoms with Gasteiger partial charge in [0.2, 0.25) is 10.0 Å². The molecule has 2 rings (SSSR count). The Balaban J connectivity index is 2.27. The molecule has 1 heterocycles. The van der Waals surface area contributed by atoms with Gasteiger partial charge in [-0.3, -0.25) is 0 Å². The van der Waals surface area contributed by atoms with Crippen molar-refractivity contribution in [2.24, 2.45) is 0 Å². The second kappa shape index (κ2) is 6.11. The van der Waals surface area contributed by atoms with Crippen LogP contribution < -0.4 is 4.72 Å². The molecule has 0 aliphatic heterocycles. The Morgan fingerprint density at radius 3 is 2.60 bits per heavy atom. The maximum absolute atomic E-state index is 13.0. The van der Waals surface area contributed by atoms with Gasteiger partial charge in [-0.25, -0.2) is 17.5 Å². The summed E-state index contributed by atoms with van der Waals surface area (Å²) in [6.07, 6.45) is 0. The molecule has 0 saturated heterocycles. The first-order chi connectivity index (χ1) is 9.29. The third-order valence-electron chi connectivity index (χ3n) is 2.54. The van der Waals surface area contributed by atoms with Crippen molar-refractivity contribution in [2.75, 3.05) is 0 Å². The lowest BCUT2D eigenvalue weighted by Gasteiger charge is -2.13. The van der Waals surface area contributed by atoms with Crippen molar-refractivity contribution >= 4 is 48.9 Å². The molecule has 8 heteroatoms. The van der Waals surface area contributed by atoms with E-state index in [0.717, 1.165) is 17.0 Å². The predicted molar refractivity (Wildman–Crippen MR) is 82.2 cm³/mol. The number of sulfonamides is 1. The van der Waals surface area contributed by atoms with Gasteiger partial charge in [0.05, 0.1) is 15.3 Å². The summed E-state index contributed by atoms with van der Waals surface area (Å²) in [5.74, 6) is -0.506. The molecule has 2 aromatic rings. The van der Waals surface area contributed by atoms with Gasteiger partial charge in [0, 0.05) is 9.35 Å². The quantitative estimate of drug-likeness (QED) is 0.832. The Kier molecular flexibility index (Phi) is 4.86. The van der Waals surface area contributed by atoms with Crippen LogP contribution in [0.3, 0.4) is 0 Å². The third-order valence-corrected chi connectivity index (χ3v) is 6.47. The molecule has 0 amide bonds. The molecule has 20 heavy (non-hydrogen) atoms. The van der Waals surface area contributed by atoms with E-state index in [2.05, 4.69) is 20.7 Å². The molecular formula is C12H10BrClFNO2S2. The Morgan fingerprint density at radius 2 is 2.05 bits per heavy atom. The van der Waals surface area contributed by atoms with Crippen LogP contribution in [0.15, 0.2) is 39.7 Å². The highest BCUT2D eigenvalue weighted by Crippen LogP contribution is 2.29. The number of halogens is 3. The Bertz CT molecular complexity index is 733. The molecule has 108 valence electrons. The van der Waals surface area contributed by atoms with Gasteiger partial charge in [-0.15, -0.1) is 11.3 Å². The SMILES string of the molecule is CC(NS(=O)(=O)c1ccc(F)cc1Br)c1ccc(Cl)s1. The Labute approximate surface area is 134 Å². The van der Waals surface area contributed by atoms with Crippen molar-refractivity contribution in [3.63, 3.8) is 0 Å². The van der Waals surface area contributed by atoms with Crippen LogP contribution in [0.1, 0.15) is 17.8 Å². The Morgan fingerprint density at radius 1 is 1.35 bits per heavy atom. The minimum absolute atomic E-state index is 0.00611. The molecule has 1 atom stereocenters. The summed E-state index contributed by atoms with van der Waals surface area (Å²) in [6, 6.07) is 6.48. The van der Waals surface area contributed by atoms with Crippen molar-refractivity contribution in [1.29, 1.82) is 0 Å². The molecule has 3 nitrogen and oxygen atoms in total. The fraction of sp³-hybridized carbons (Fsp3) is 0.167. The van der Waals surface area contributed by atoms with E-state index in [-0.39, 0.29) is 9.37 Å². The zero-order chi connectivity index (χ0) is 14.9. The molecule has 0 saturated carbocycles. The zero-order valence-electron chi connectivity index (χ0n) is 10.2. The first-order valence-corrected chi connectivity index (χ1v) is 8.99. The fourth-order valence-corrected chi connectivity index (χ4v) is 5.02. The Hall–Kier alpha value is -0.470. The molecule has 0 aliphatic rings. The number of hydrogen-bond acceptors (Lipinski definition) is 3. The van der Waals surface area contributed by atoms with Crippen molar-refractivity contribution < 1.29 is 12.8 Å². The summed E-state index contributed by atoms with van der Waals surface area (Å²) in [7, 11) is -3.75. The van der Waals surface area contributed by atoms with Gasteiger partial charge in [-0.1, -0.05) is 11.6 Å². The summed E-state index contributed by atoms with van der Waals surface area (Å²) in [5, 5.41) is 0. The normalized spacial score (nSPS) is 13.4. The highest BCUT2D eigenvalue weighted by molar-refractivity contribution is 9.10. The van der Waals surface area contributed by atoms with Crippen LogP contribution >= 0.6 is 38.9 Å². The minimum Gasteiger partial charge on any atom is -0.207 e. The van der Waals surface area contributed by atoms with Crippen LogP contribution in [0, 0.1) is 5.82 Å². The van der Waals surface area contributed by atoms with E-state index in [9.17, 15) is 12.8 Å². The topological polar surface area (TPSA) is 46.2 Å². The zero-order valence-corrected chi connectivity index (χ0v) is 14.2. The van der Waals surface area contributed by atoms with Gasteiger partial charge in [-0.05, 0) is 53.2 Å². The van der Waals surface area contributed by atoms with Crippen LogP contribution in [-0.4, -0.2) is 8.42 Å². The summed E-state index contributed by atoms with van der Waals surface area (Å²) in [4.78, 5) is 0.796. The minimum atomic E-state index is -3.75. The van der Waals surface area contributed by atoms with Crippen molar-refractivity contribution in [1.82, 2.24) is 4.72 Å². The third kappa shape index (κ3) is 3.59. The van der Waals surface area contributed by atoms with Crippen LogP contribution in [0.2, 0.25) is 4.34 Å². The van der Waals surface area contributed by atoms with Gasteiger partial charge in [-0.2, -0.15) is 0 Å². The first kappa shape index (κ1) is 15.9. The number of thiophene rings is 1. The predicted octanol–water partition coefficient (Wildman–Crippen LogP) is 4.34. The maximum atomic E-state index is 13.0. The molecule has 1 unspecified atom stereocenters. The number of benzene rings is 1. The van der Waals surface area contributed by atoms with Crippen LogP contribution in [-0.2, 0) is 10.0 Å². The molecule has 1 aromatic carbocycles. The summed E-state index contributed by atoms with van der Waals surface area (Å²) in [5.41, 5.74) is 0. The molecule has 1 aromatic heterocycles. The highest BCUT2D eigenvalue weighted by Gasteiger charge is 2.22. The smallest absolute Gasteiger partial charge is 0.207 e. The van der Waals surface area contributed by atoms with E-state index in [4.69, 9.17) is 11.6 Å². The molecule has 0 fully saturated rings. The lowest BCUT2D eigenvalue weighted by Crippen LogP contribution is -2.26. The average Bonchev–Trinajstić information content (AvgIpc) is 2.74. The lowest BCUT2D eigenvalue weighted by molar-refractivity contribution is 0.567. The number of hydrogen-bond donors (Lipinski definition) is 1. The molecule has 0 bridgehead atoms. The number of rotatable bonds is 4. The monoisotopic (exact) mass is 397 g/mol. The number of nitrogens with one attached hydrogen (secondary N) is 1. The van der Waals surface area contributed by atoms with E-state index < -0.39 is 21.9 Å². The molecule has 0 radical (unpaired) electrons. The standard InChI is InChI=1S/C12H10BrClFNO2S2/c1-7(10-3-5-12(14)19-10)16-20(17,18)11-4-2-8(15)6-9(11)13/h2-7,16H,1H3. The first-order valence-electron chi connectivity index (χ1n) is 5.52. The summed E-state index contributed by atoms with van der Waals surface area (Å²) >= 11 is 10.2. The molecule has 0 aliphatic carbocycles.